The molecule has 1 heterocycles. The third-order valence-electron chi connectivity index (χ3n) is 1.19. The third-order valence-corrected chi connectivity index (χ3v) is 1.19. The first-order valence-electron chi connectivity index (χ1n) is 3.48. The lowest BCUT2D eigenvalue weighted by atomic mass is 10.3. The highest BCUT2D eigenvalue weighted by molar-refractivity contribution is 5.60. The van der Waals surface area contributed by atoms with Gasteiger partial charge in [0.05, 0.1) is 0 Å². The average molecular weight is 133 g/mol. The summed E-state index contributed by atoms with van der Waals surface area (Å²) in [4.78, 5) is 4.04. The van der Waals surface area contributed by atoms with Gasteiger partial charge in [-0.1, -0.05) is 30.4 Å². The van der Waals surface area contributed by atoms with Crippen LogP contribution in [0.5, 0.6) is 0 Å². The van der Waals surface area contributed by atoms with Gasteiger partial charge in [-0.3, -0.25) is 4.99 Å². The van der Waals surface area contributed by atoms with Crippen LogP contribution in [-0.4, -0.2) is 6.21 Å². The zero-order valence-electron chi connectivity index (χ0n) is 5.90. The van der Waals surface area contributed by atoms with Gasteiger partial charge in [0.2, 0.25) is 0 Å². The Kier molecular flexibility index (Phi) is 3.32. The van der Waals surface area contributed by atoms with Crippen LogP contribution in [0.25, 0.3) is 0 Å². The van der Waals surface area contributed by atoms with Gasteiger partial charge in [-0.25, -0.2) is 0 Å². The molecule has 0 saturated carbocycles. The molecule has 1 heteroatoms. The van der Waals surface area contributed by atoms with Crippen molar-refractivity contribution in [3.63, 3.8) is 0 Å². The van der Waals surface area contributed by atoms with Gasteiger partial charge in [-0.15, -0.1) is 0 Å². The van der Waals surface area contributed by atoms with Gasteiger partial charge < -0.3 is 0 Å². The lowest BCUT2D eigenvalue weighted by molar-refractivity contribution is 1.34. The smallest absolute Gasteiger partial charge is 0.0227 e. The van der Waals surface area contributed by atoms with E-state index in [0.717, 1.165) is 12.8 Å². The minimum Gasteiger partial charge on any atom is -0.269 e. The van der Waals surface area contributed by atoms with Gasteiger partial charge in [0.25, 0.3) is 0 Å². The Balaban J connectivity index is 2.50. The first-order valence-corrected chi connectivity index (χ1v) is 3.48. The Bertz CT molecular complexity index is 143. The summed E-state index contributed by atoms with van der Waals surface area (Å²) in [5.41, 5.74) is 0. The van der Waals surface area contributed by atoms with Gasteiger partial charge in [-0.05, 0) is 6.42 Å². The number of aliphatic imine (C=N–C) groups is 1. The SMILES string of the molecule is C1=CCC=N/C=C\CC=C1. The van der Waals surface area contributed by atoms with Crippen molar-refractivity contribution in [2.45, 2.75) is 12.8 Å². The van der Waals surface area contributed by atoms with E-state index in [4.69, 9.17) is 0 Å². The third kappa shape index (κ3) is 3.02. The Morgan fingerprint density at radius 2 is 1.70 bits per heavy atom. The van der Waals surface area contributed by atoms with Crippen LogP contribution in [-0.2, 0) is 0 Å². The molecule has 1 aliphatic heterocycles. The quantitative estimate of drug-likeness (QED) is 0.481. The summed E-state index contributed by atoms with van der Waals surface area (Å²) in [6.07, 6.45) is 16.0. The Morgan fingerprint density at radius 3 is 2.60 bits per heavy atom. The molecule has 0 amide bonds. The number of hydrogen-bond acceptors (Lipinski definition) is 1. The molecule has 0 aromatic carbocycles. The van der Waals surface area contributed by atoms with Crippen molar-refractivity contribution in [3.05, 3.63) is 36.6 Å². The second kappa shape index (κ2) is 4.74. The highest BCUT2D eigenvalue weighted by Gasteiger charge is 1.73. The summed E-state index contributed by atoms with van der Waals surface area (Å²) in [6, 6.07) is 0. The largest absolute Gasteiger partial charge is 0.269 e. The molecular weight excluding hydrogens is 122 g/mol. The van der Waals surface area contributed by atoms with Crippen LogP contribution in [0, 0.1) is 0 Å². The van der Waals surface area contributed by atoms with Crippen LogP contribution in [0.2, 0.25) is 0 Å². The van der Waals surface area contributed by atoms with Gasteiger partial charge in [0, 0.05) is 18.8 Å². The van der Waals surface area contributed by atoms with Crippen molar-refractivity contribution in [2.75, 3.05) is 0 Å². The van der Waals surface area contributed by atoms with E-state index in [0.29, 0.717) is 0 Å². The van der Waals surface area contributed by atoms with E-state index >= 15 is 0 Å². The number of hydrogen-bond donors (Lipinski definition) is 0. The molecule has 0 atom stereocenters. The van der Waals surface area contributed by atoms with Crippen molar-refractivity contribution >= 4 is 6.21 Å². The lowest BCUT2D eigenvalue weighted by Crippen LogP contribution is -1.69. The van der Waals surface area contributed by atoms with E-state index in [-0.39, 0.29) is 0 Å². The van der Waals surface area contributed by atoms with Crippen LogP contribution in [0.3, 0.4) is 0 Å². The summed E-state index contributed by atoms with van der Waals surface area (Å²) in [6.45, 7) is 0. The summed E-state index contributed by atoms with van der Waals surface area (Å²) < 4.78 is 0. The van der Waals surface area contributed by atoms with E-state index in [1.165, 1.54) is 0 Å². The number of rotatable bonds is 0. The Morgan fingerprint density at radius 1 is 0.900 bits per heavy atom. The maximum atomic E-state index is 4.04. The first-order chi connectivity index (χ1) is 5.00. The normalized spacial score (nSPS) is 20.8. The lowest BCUT2D eigenvalue weighted by Gasteiger charge is -1.83. The molecule has 1 aliphatic rings. The van der Waals surface area contributed by atoms with Crippen molar-refractivity contribution in [1.82, 2.24) is 0 Å². The van der Waals surface area contributed by atoms with Crippen molar-refractivity contribution < 1.29 is 0 Å². The molecular formula is C9H11N. The second-order valence-electron chi connectivity index (χ2n) is 2.04. The van der Waals surface area contributed by atoms with Crippen molar-refractivity contribution in [3.8, 4) is 0 Å². The molecule has 10 heavy (non-hydrogen) atoms. The average Bonchev–Trinajstić information content (AvgIpc) is 2.01. The van der Waals surface area contributed by atoms with Crippen LogP contribution in [0.15, 0.2) is 41.6 Å². The predicted molar refractivity (Wildman–Crippen MR) is 45.1 cm³/mol. The summed E-state index contributed by atoms with van der Waals surface area (Å²) in [7, 11) is 0. The molecule has 0 radical (unpaired) electrons. The molecule has 1 rings (SSSR count). The molecule has 0 N–H and O–H groups in total. The maximum Gasteiger partial charge on any atom is 0.0227 e. The number of nitrogens with zero attached hydrogens (tertiary/aromatic N) is 1. The van der Waals surface area contributed by atoms with Crippen LogP contribution < -0.4 is 0 Å². The highest BCUT2D eigenvalue weighted by atomic mass is 14.7. The van der Waals surface area contributed by atoms with Gasteiger partial charge in [0.15, 0.2) is 0 Å². The molecule has 0 saturated heterocycles. The van der Waals surface area contributed by atoms with Crippen LogP contribution in [0.4, 0.5) is 0 Å². The van der Waals surface area contributed by atoms with E-state index in [2.05, 4.69) is 23.2 Å². The van der Waals surface area contributed by atoms with Crippen LogP contribution >= 0.6 is 0 Å². The molecule has 0 spiro atoms. The Labute approximate surface area is 61.5 Å². The summed E-state index contributed by atoms with van der Waals surface area (Å²) >= 11 is 0. The highest BCUT2D eigenvalue weighted by Crippen LogP contribution is 1.90. The standard InChI is InChI=1S/C9H11N/c1-2-4-6-8-10-9-7-5-3-1/h1-4,7-9H,5-6H2/b3-1?,4-2?,9-7-,10-8?. The molecule has 0 aliphatic carbocycles. The predicted octanol–water partition coefficient (Wildman–Crippen LogP) is 2.48. The second-order valence-corrected chi connectivity index (χ2v) is 2.04. The maximum absolute atomic E-state index is 4.04. The Hall–Kier alpha value is -1.11. The molecule has 52 valence electrons. The van der Waals surface area contributed by atoms with E-state index in [9.17, 15) is 0 Å². The minimum atomic E-state index is 0.925. The van der Waals surface area contributed by atoms with E-state index in [1.807, 2.05) is 24.6 Å². The molecule has 0 bridgehead atoms. The fourth-order valence-electron chi connectivity index (χ4n) is 0.697. The van der Waals surface area contributed by atoms with Gasteiger partial charge in [0.1, 0.15) is 0 Å². The zero-order valence-corrected chi connectivity index (χ0v) is 5.90. The molecule has 0 aromatic rings. The molecule has 0 aromatic heterocycles. The van der Waals surface area contributed by atoms with Gasteiger partial charge in [-0.2, -0.15) is 0 Å². The van der Waals surface area contributed by atoms with Crippen LogP contribution in [0.1, 0.15) is 12.8 Å². The molecule has 0 unspecified atom stereocenters. The van der Waals surface area contributed by atoms with E-state index < -0.39 is 0 Å². The fourth-order valence-corrected chi connectivity index (χ4v) is 0.697. The summed E-state index contributed by atoms with van der Waals surface area (Å²) in [5.74, 6) is 0. The topological polar surface area (TPSA) is 12.4 Å². The minimum absolute atomic E-state index is 0.925. The van der Waals surface area contributed by atoms with Crippen molar-refractivity contribution in [1.29, 1.82) is 0 Å². The number of allylic oxidation sites excluding steroid dienone is 5. The van der Waals surface area contributed by atoms with Crippen molar-refractivity contribution in [2.24, 2.45) is 4.99 Å². The molecule has 1 nitrogen and oxygen atoms in total. The zero-order chi connectivity index (χ0) is 7.07. The first kappa shape index (κ1) is 7.00. The monoisotopic (exact) mass is 133 g/mol. The van der Waals surface area contributed by atoms with E-state index in [1.54, 1.807) is 0 Å². The van der Waals surface area contributed by atoms with Gasteiger partial charge >= 0.3 is 0 Å². The fraction of sp³-hybridized carbons (Fsp3) is 0.222. The summed E-state index contributed by atoms with van der Waals surface area (Å²) in [5, 5.41) is 0. The molecule has 0 fully saturated rings.